The number of aromatic amines is 1. The second-order valence-corrected chi connectivity index (χ2v) is 6.69. The summed E-state index contributed by atoms with van der Waals surface area (Å²) in [7, 11) is 0. The number of halogens is 1. The van der Waals surface area contributed by atoms with Crippen LogP contribution in [0.3, 0.4) is 0 Å². The van der Waals surface area contributed by atoms with Crippen molar-refractivity contribution in [2.75, 3.05) is 5.75 Å². The minimum atomic E-state index is -0.209. The Morgan fingerprint density at radius 1 is 1.47 bits per heavy atom. The van der Waals surface area contributed by atoms with E-state index in [1.807, 2.05) is 32.9 Å². The zero-order valence-corrected chi connectivity index (χ0v) is 12.7. The van der Waals surface area contributed by atoms with Gasteiger partial charge in [0, 0.05) is 10.6 Å². The molecule has 2 rings (SSSR count). The second-order valence-electron chi connectivity index (χ2n) is 5.29. The number of carbonyl (C=O) groups is 1. The minimum Gasteiger partial charge on any atom is -0.351 e. The van der Waals surface area contributed by atoms with Crippen LogP contribution in [0.1, 0.15) is 20.8 Å². The van der Waals surface area contributed by atoms with E-state index in [-0.39, 0.29) is 11.4 Å². The Labute approximate surface area is 121 Å². The third kappa shape index (κ3) is 4.14. The molecule has 4 nitrogen and oxygen atoms in total. The van der Waals surface area contributed by atoms with Crippen molar-refractivity contribution in [3.63, 3.8) is 0 Å². The second kappa shape index (κ2) is 5.43. The molecule has 0 radical (unpaired) electrons. The van der Waals surface area contributed by atoms with Crippen LogP contribution in [0.5, 0.6) is 0 Å². The first-order valence-corrected chi connectivity index (χ1v) is 7.29. The van der Waals surface area contributed by atoms with E-state index < -0.39 is 0 Å². The van der Waals surface area contributed by atoms with Crippen molar-refractivity contribution in [1.29, 1.82) is 0 Å². The lowest BCUT2D eigenvalue weighted by atomic mass is 10.1. The smallest absolute Gasteiger partial charge is 0.230 e. The van der Waals surface area contributed by atoms with Crippen molar-refractivity contribution >= 4 is 40.3 Å². The first-order chi connectivity index (χ1) is 8.83. The molecule has 0 aliphatic heterocycles. The summed E-state index contributed by atoms with van der Waals surface area (Å²) in [5, 5.41) is 4.30. The Balaban J connectivity index is 2.00. The number of aromatic nitrogens is 2. The molecule has 1 aromatic carbocycles. The highest BCUT2D eigenvalue weighted by Crippen LogP contribution is 2.22. The lowest BCUT2D eigenvalue weighted by Gasteiger charge is -2.19. The van der Waals surface area contributed by atoms with Gasteiger partial charge in [-0.2, -0.15) is 0 Å². The van der Waals surface area contributed by atoms with Crippen LogP contribution in [0.2, 0.25) is 5.02 Å². The molecule has 0 aliphatic carbocycles. The van der Waals surface area contributed by atoms with Crippen LogP contribution in [0.15, 0.2) is 23.4 Å². The Morgan fingerprint density at radius 2 is 2.21 bits per heavy atom. The zero-order chi connectivity index (χ0) is 14.0. The molecule has 1 heterocycles. The van der Waals surface area contributed by atoms with E-state index in [1.165, 1.54) is 11.8 Å². The first-order valence-electron chi connectivity index (χ1n) is 5.92. The molecule has 2 N–H and O–H groups in total. The molecule has 0 spiro atoms. The molecule has 6 heteroatoms. The number of hydrogen-bond donors (Lipinski definition) is 2. The van der Waals surface area contributed by atoms with Crippen LogP contribution in [-0.4, -0.2) is 27.2 Å². The van der Waals surface area contributed by atoms with Gasteiger partial charge in [0.25, 0.3) is 0 Å². The van der Waals surface area contributed by atoms with Gasteiger partial charge in [-0.3, -0.25) is 4.79 Å². The maximum atomic E-state index is 11.7. The molecule has 1 amide bonds. The third-order valence-corrected chi connectivity index (χ3v) is 3.39. The van der Waals surface area contributed by atoms with Crippen molar-refractivity contribution in [3.05, 3.63) is 23.2 Å². The standard InChI is InChI=1S/C13H16ClN3OS/c1-13(2,3)17-11(18)7-19-12-15-9-5-4-8(14)6-10(9)16-12/h4-6H,7H2,1-3H3,(H,15,16)(H,17,18). The van der Waals surface area contributed by atoms with Gasteiger partial charge in [-0.25, -0.2) is 4.98 Å². The summed E-state index contributed by atoms with van der Waals surface area (Å²) in [5.41, 5.74) is 1.52. The SMILES string of the molecule is CC(C)(C)NC(=O)CSc1nc2ccc(Cl)cc2[nH]1. The quantitative estimate of drug-likeness (QED) is 0.855. The van der Waals surface area contributed by atoms with E-state index in [1.54, 1.807) is 6.07 Å². The highest BCUT2D eigenvalue weighted by atomic mass is 35.5. The number of thioether (sulfide) groups is 1. The van der Waals surface area contributed by atoms with Crippen LogP contribution in [0.4, 0.5) is 0 Å². The van der Waals surface area contributed by atoms with Crippen LogP contribution in [-0.2, 0) is 4.79 Å². The van der Waals surface area contributed by atoms with Crippen molar-refractivity contribution in [2.24, 2.45) is 0 Å². The number of H-pyrrole nitrogens is 1. The molecule has 19 heavy (non-hydrogen) atoms. The molecular formula is C13H16ClN3OS. The van der Waals surface area contributed by atoms with Gasteiger partial charge in [0.15, 0.2) is 5.16 Å². The van der Waals surface area contributed by atoms with Crippen molar-refractivity contribution in [3.8, 4) is 0 Å². The number of hydrogen-bond acceptors (Lipinski definition) is 3. The number of carbonyl (C=O) groups excluding carboxylic acids is 1. The van der Waals surface area contributed by atoms with Crippen molar-refractivity contribution in [2.45, 2.75) is 31.5 Å². The van der Waals surface area contributed by atoms with Gasteiger partial charge < -0.3 is 10.3 Å². The van der Waals surface area contributed by atoms with Crippen molar-refractivity contribution in [1.82, 2.24) is 15.3 Å². The lowest BCUT2D eigenvalue weighted by molar-refractivity contribution is -0.119. The maximum Gasteiger partial charge on any atom is 0.230 e. The summed E-state index contributed by atoms with van der Waals surface area (Å²) in [6.45, 7) is 5.87. The molecule has 0 fully saturated rings. The normalized spacial score (nSPS) is 11.8. The molecule has 0 atom stereocenters. The van der Waals surface area contributed by atoms with E-state index in [0.717, 1.165) is 16.2 Å². The van der Waals surface area contributed by atoms with E-state index >= 15 is 0 Å². The molecule has 1 aromatic heterocycles. The zero-order valence-electron chi connectivity index (χ0n) is 11.1. The van der Waals surface area contributed by atoms with Gasteiger partial charge in [-0.1, -0.05) is 23.4 Å². The molecule has 0 saturated carbocycles. The fourth-order valence-electron chi connectivity index (χ4n) is 1.62. The highest BCUT2D eigenvalue weighted by molar-refractivity contribution is 7.99. The molecule has 0 saturated heterocycles. The number of nitrogens with one attached hydrogen (secondary N) is 2. The maximum absolute atomic E-state index is 11.7. The fraction of sp³-hybridized carbons (Fsp3) is 0.385. The molecule has 0 bridgehead atoms. The van der Waals surface area contributed by atoms with Gasteiger partial charge in [0.2, 0.25) is 5.91 Å². The van der Waals surface area contributed by atoms with Crippen LogP contribution < -0.4 is 5.32 Å². The lowest BCUT2D eigenvalue weighted by Crippen LogP contribution is -2.41. The molecule has 102 valence electrons. The average molecular weight is 298 g/mol. The molecule has 0 unspecified atom stereocenters. The van der Waals surface area contributed by atoms with E-state index in [9.17, 15) is 4.79 Å². The van der Waals surface area contributed by atoms with E-state index in [0.29, 0.717) is 10.8 Å². The monoisotopic (exact) mass is 297 g/mol. The van der Waals surface area contributed by atoms with Gasteiger partial charge in [-0.15, -0.1) is 0 Å². The van der Waals surface area contributed by atoms with Crippen LogP contribution in [0, 0.1) is 0 Å². The van der Waals surface area contributed by atoms with Gasteiger partial charge in [0.05, 0.1) is 16.8 Å². The Morgan fingerprint density at radius 3 is 2.89 bits per heavy atom. The summed E-state index contributed by atoms with van der Waals surface area (Å²) in [6.07, 6.45) is 0. The summed E-state index contributed by atoms with van der Waals surface area (Å²) in [5.74, 6) is 0.334. The Kier molecular flexibility index (Phi) is 4.06. The van der Waals surface area contributed by atoms with Crippen molar-refractivity contribution < 1.29 is 4.79 Å². The Bertz CT molecular complexity index is 603. The molecule has 0 aliphatic rings. The predicted molar refractivity (Wildman–Crippen MR) is 79.7 cm³/mol. The summed E-state index contributed by atoms with van der Waals surface area (Å²) in [6, 6.07) is 5.47. The molecular weight excluding hydrogens is 282 g/mol. The topological polar surface area (TPSA) is 57.8 Å². The average Bonchev–Trinajstić information content (AvgIpc) is 2.66. The summed E-state index contributed by atoms with van der Waals surface area (Å²) >= 11 is 7.29. The third-order valence-electron chi connectivity index (χ3n) is 2.28. The van der Waals surface area contributed by atoms with Gasteiger partial charge >= 0.3 is 0 Å². The number of fused-ring (bicyclic) bond motifs is 1. The van der Waals surface area contributed by atoms with Gasteiger partial charge in [-0.05, 0) is 39.0 Å². The first kappa shape index (κ1) is 14.2. The number of imidazole rings is 1. The minimum absolute atomic E-state index is 0.00371. The number of benzene rings is 1. The van der Waals surface area contributed by atoms with E-state index in [2.05, 4.69) is 15.3 Å². The number of rotatable bonds is 3. The predicted octanol–water partition coefficient (Wildman–Crippen LogP) is 3.22. The number of amides is 1. The molecule has 2 aromatic rings. The summed E-state index contributed by atoms with van der Waals surface area (Å²) in [4.78, 5) is 19.2. The fourth-order valence-corrected chi connectivity index (χ4v) is 2.47. The van der Waals surface area contributed by atoms with E-state index in [4.69, 9.17) is 11.6 Å². The van der Waals surface area contributed by atoms with Crippen LogP contribution >= 0.6 is 23.4 Å². The van der Waals surface area contributed by atoms with Gasteiger partial charge in [0.1, 0.15) is 0 Å². The largest absolute Gasteiger partial charge is 0.351 e. The highest BCUT2D eigenvalue weighted by Gasteiger charge is 2.14. The summed E-state index contributed by atoms with van der Waals surface area (Å²) < 4.78 is 0. The number of nitrogens with zero attached hydrogens (tertiary/aromatic N) is 1. The van der Waals surface area contributed by atoms with Crippen LogP contribution in [0.25, 0.3) is 11.0 Å². The Hall–Kier alpha value is -1.20.